The Bertz CT molecular complexity index is 244. The number of rotatable bonds is 3. The van der Waals surface area contributed by atoms with Gasteiger partial charge in [-0.25, -0.2) is 0 Å². The predicted octanol–water partition coefficient (Wildman–Crippen LogP) is 1.20. The Morgan fingerprint density at radius 2 is 1.88 bits per heavy atom. The fourth-order valence-corrected chi connectivity index (χ4v) is 2.76. The summed E-state index contributed by atoms with van der Waals surface area (Å²) in [6, 6.07) is 0.278. The summed E-state index contributed by atoms with van der Waals surface area (Å²) in [5, 5.41) is 3.54. The summed E-state index contributed by atoms with van der Waals surface area (Å²) in [7, 11) is 0. The highest BCUT2D eigenvalue weighted by Gasteiger charge is 2.49. The van der Waals surface area contributed by atoms with Gasteiger partial charge in [-0.05, 0) is 32.8 Å². The molecule has 5 heteroatoms. The van der Waals surface area contributed by atoms with E-state index >= 15 is 0 Å². The van der Waals surface area contributed by atoms with Crippen molar-refractivity contribution in [2.45, 2.75) is 50.7 Å². The number of ether oxygens (including phenoxy) is 2. The minimum absolute atomic E-state index is 0.0757. The minimum atomic E-state index is 0.0757. The standard InChI is InChI=1S/C11H21NO3S/c1-11(2,3)12-7-5-13-10-8(15-16-4)6-14-9(7)10/h7-10,12H,5-6H2,1-4H3/t7-,8-,9-,10-/m1/s1. The molecule has 0 saturated carbocycles. The maximum atomic E-state index is 5.77. The molecule has 4 atom stereocenters. The first-order valence-corrected chi connectivity index (χ1v) is 6.86. The molecule has 2 rings (SSSR count). The van der Waals surface area contributed by atoms with E-state index in [0.717, 1.165) is 0 Å². The molecule has 0 spiro atoms. The van der Waals surface area contributed by atoms with Gasteiger partial charge in [-0.1, -0.05) is 0 Å². The maximum Gasteiger partial charge on any atom is 0.124 e. The zero-order valence-corrected chi connectivity index (χ0v) is 11.2. The lowest BCUT2D eigenvalue weighted by Crippen LogP contribution is -2.50. The Labute approximate surface area is 102 Å². The molecule has 0 aromatic carbocycles. The summed E-state index contributed by atoms with van der Waals surface area (Å²) in [5.41, 5.74) is 0.0880. The average molecular weight is 247 g/mol. The van der Waals surface area contributed by atoms with Gasteiger partial charge in [0.05, 0.1) is 19.3 Å². The van der Waals surface area contributed by atoms with Gasteiger partial charge in [-0.15, -0.1) is 0 Å². The predicted molar refractivity (Wildman–Crippen MR) is 64.5 cm³/mol. The fourth-order valence-electron chi connectivity index (χ4n) is 2.35. The number of nitrogens with one attached hydrogen (secondary N) is 1. The van der Waals surface area contributed by atoms with Crippen molar-refractivity contribution < 1.29 is 13.7 Å². The first kappa shape index (κ1) is 12.6. The molecule has 0 unspecified atom stereocenters. The van der Waals surface area contributed by atoms with Crippen molar-refractivity contribution in [1.82, 2.24) is 5.32 Å². The van der Waals surface area contributed by atoms with Gasteiger partial charge in [0.25, 0.3) is 0 Å². The second-order valence-electron chi connectivity index (χ2n) is 5.40. The zero-order chi connectivity index (χ0) is 11.8. The highest BCUT2D eigenvalue weighted by atomic mass is 32.2. The summed E-state index contributed by atoms with van der Waals surface area (Å²) in [5.74, 6) is 0. The molecule has 16 heavy (non-hydrogen) atoms. The van der Waals surface area contributed by atoms with Crippen molar-refractivity contribution in [2.24, 2.45) is 0 Å². The van der Waals surface area contributed by atoms with Crippen LogP contribution in [-0.2, 0) is 13.7 Å². The Hall–Kier alpha value is 0.190. The van der Waals surface area contributed by atoms with E-state index in [0.29, 0.717) is 13.2 Å². The second-order valence-corrected chi connectivity index (χ2v) is 5.92. The summed E-state index contributed by atoms with van der Waals surface area (Å²) in [6.45, 7) is 7.82. The van der Waals surface area contributed by atoms with Gasteiger partial charge in [0, 0.05) is 11.8 Å². The van der Waals surface area contributed by atoms with Gasteiger partial charge in [-0.2, -0.15) is 0 Å². The molecule has 0 amide bonds. The van der Waals surface area contributed by atoms with Crippen molar-refractivity contribution in [3.05, 3.63) is 0 Å². The van der Waals surface area contributed by atoms with Crippen LogP contribution in [0.2, 0.25) is 0 Å². The van der Waals surface area contributed by atoms with Crippen molar-refractivity contribution >= 4 is 12.0 Å². The third-order valence-corrected chi connectivity index (χ3v) is 3.29. The number of fused-ring (bicyclic) bond motifs is 1. The molecule has 2 saturated heterocycles. The average Bonchev–Trinajstić information content (AvgIpc) is 2.69. The van der Waals surface area contributed by atoms with E-state index in [1.54, 1.807) is 0 Å². The Morgan fingerprint density at radius 1 is 1.19 bits per heavy atom. The van der Waals surface area contributed by atoms with Crippen LogP contribution in [0.15, 0.2) is 0 Å². The lowest BCUT2D eigenvalue weighted by atomic mass is 10.0. The summed E-state index contributed by atoms with van der Waals surface area (Å²) in [6.07, 6.45) is 2.23. The van der Waals surface area contributed by atoms with Gasteiger partial charge >= 0.3 is 0 Å². The normalized spacial score (nSPS) is 39.0. The van der Waals surface area contributed by atoms with E-state index in [9.17, 15) is 0 Å². The molecule has 1 N–H and O–H groups in total. The highest BCUT2D eigenvalue weighted by Crippen LogP contribution is 2.31. The first-order valence-electron chi connectivity index (χ1n) is 5.71. The molecule has 2 aliphatic rings. The quantitative estimate of drug-likeness (QED) is 0.759. The molecular weight excluding hydrogens is 226 g/mol. The number of hydrogen-bond donors (Lipinski definition) is 1. The van der Waals surface area contributed by atoms with Gasteiger partial charge in [0.15, 0.2) is 0 Å². The zero-order valence-electron chi connectivity index (χ0n) is 10.4. The van der Waals surface area contributed by atoms with Crippen LogP contribution < -0.4 is 5.32 Å². The van der Waals surface area contributed by atoms with Gasteiger partial charge in [0.2, 0.25) is 0 Å². The smallest absolute Gasteiger partial charge is 0.124 e. The van der Waals surface area contributed by atoms with Crippen LogP contribution in [0.1, 0.15) is 20.8 Å². The van der Waals surface area contributed by atoms with Gasteiger partial charge in [-0.3, -0.25) is 0 Å². The third kappa shape index (κ3) is 2.71. The summed E-state index contributed by atoms with van der Waals surface area (Å²) in [4.78, 5) is 0. The van der Waals surface area contributed by atoms with Crippen LogP contribution in [0.5, 0.6) is 0 Å². The van der Waals surface area contributed by atoms with Gasteiger partial charge in [0.1, 0.15) is 18.3 Å². The Morgan fingerprint density at radius 3 is 2.50 bits per heavy atom. The number of hydrogen-bond acceptors (Lipinski definition) is 5. The SMILES string of the molecule is CSO[C@@H]1CO[C@H]2[C@@H]1OC[C@H]2NC(C)(C)C. The van der Waals surface area contributed by atoms with Crippen LogP contribution in [0.25, 0.3) is 0 Å². The molecule has 0 aromatic heterocycles. The van der Waals surface area contributed by atoms with E-state index in [2.05, 4.69) is 26.1 Å². The molecule has 0 aliphatic carbocycles. The van der Waals surface area contributed by atoms with Gasteiger partial charge < -0.3 is 19.0 Å². The van der Waals surface area contributed by atoms with E-state index in [1.165, 1.54) is 12.0 Å². The largest absolute Gasteiger partial charge is 0.371 e. The van der Waals surface area contributed by atoms with Crippen LogP contribution in [-0.4, -0.2) is 49.4 Å². The molecule has 0 bridgehead atoms. The molecule has 2 aliphatic heterocycles. The van der Waals surface area contributed by atoms with E-state index in [4.69, 9.17) is 13.7 Å². The van der Waals surface area contributed by atoms with Crippen LogP contribution >= 0.6 is 12.0 Å². The van der Waals surface area contributed by atoms with E-state index < -0.39 is 0 Å². The topological polar surface area (TPSA) is 39.7 Å². The fraction of sp³-hybridized carbons (Fsp3) is 1.00. The first-order chi connectivity index (χ1) is 7.51. The second kappa shape index (κ2) is 4.82. The summed E-state index contributed by atoms with van der Waals surface area (Å²) < 4.78 is 17.1. The van der Waals surface area contributed by atoms with Crippen LogP contribution in [0, 0.1) is 0 Å². The lowest BCUT2D eigenvalue weighted by Gasteiger charge is -2.27. The molecule has 2 heterocycles. The van der Waals surface area contributed by atoms with Crippen molar-refractivity contribution in [2.75, 3.05) is 19.5 Å². The van der Waals surface area contributed by atoms with Crippen LogP contribution in [0.3, 0.4) is 0 Å². The molecule has 94 valence electrons. The monoisotopic (exact) mass is 247 g/mol. The molecule has 0 aromatic rings. The van der Waals surface area contributed by atoms with Crippen molar-refractivity contribution in [3.8, 4) is 0 Å². The molecular formula is C11H21NO3S. The lowest BCUT2D eigenvalue weighted by molar-refractivity contribution is 0.0390. The third-order valence-electron chi connectivity index (χ3n) is 2.85. The maximum absolute atomic E-state index is 5.77. The Balaban J connectivity index is 1.93. The molecule has 4 nitrogen and oxygen atoms in total. The molecule has 2 fully saturated rings. The van der Waals surface area contributed by atoms with E-state index in [-0.39, 0.29) is 29.9 Å². The van der Waals surface area contributed by atoms with Crippen molar-refractivity contribution in [3.63, 3.8) is 0 Å². The van der Waals surface area contributed by atoms with E-state index in [1.807, 2.05) is 6.26 Å². The van der Waals surface area contributed by atoms with Crippen LogP contribution in [0.4, 0.5) is 0 Å². The minimum Gasteiger partial charge on any atom is -0.371 e. The Kier molecular flexibility index (Phi) is 3.81. The van der Waals surface area contributed by atoms with Crippen molar-refractivity contribution in [1.29, 1.82) is 0 Å². The highest BCUT2D eigenvalue weighted by molar-refractivity contribution is 7.93. The molecule has 0 radical (unpaired) electrons. The summed E-state index contributed by atoms with van der Waals surface area (Å²) >= 11 is 1.38.